The van der Waals surface area contributed by atoms with Gasteiger partial charge >= 0.3 is 6.09 Å². The standard InChI is InChI=1S/C12H20FNO3/c1-11(2,3)17-10(16)14-8-12(13)6-4-5-9(15)7-12/h4-8H2,1-3H3,(H,14,16). The number of carbonyl (C=O) groups excluding carboxylic acids is 2. The molecule has 1 rings (SSSR count). The number of hydrogen-bond acceptors (Lipinski definition) is 3. The Hall–Kier alpha value is -1.13. The predicted octanol–water partition coefficient (Wildman–Crippen LogP) is 2.36. The van der Waals surface area contributed by atoms with Gasteiger partial charge in [-0.2, -0.15) is 0 Å². The maximum Gasteiger partial charge on any atom is 0.407 e. The summed E-state index contributed by atoms with van der Waals surface area (Å²) >= 11 is 0. The highest BCUT2D eigenvalue weighted by Gasteiger charge is 2.36. The molecule has 1 unspecified atom stereocenters. The van der Waals surface area contributed by atoms with Crippen molar-refractivity contribution in [2.45, 2.75) is 57.7 Å². The van der Waals surface area contributed by atoms with Crippen LogP contribution in [0.2, 0.25) is 0 Å². The van der Waals surface area contributed by atoms with Crippen molar-refractivity contribution in [2.75, 3.05) is 6.54 Å². The van der Waals surface area contributed by atoms with E-state index < -0.39 is 17.4 Å². The minimum absolute atomic E-state index is 0.0789. The molecule has 1 N–H and O–H groups in total. The molecule has 1 aliphatic carbocycles. The molecule has 5 heteroatoms. The van der Waals surface area contributed by atoms with Crippen molar-refractivity contribution in [1.82, 2.24) is 5.32 Å². The lowest BCUT2D eigenvalue weighted by molar-refractivity contribution is -0.124. The molecule has 0 aliphatic heterocycles. The van der Waals surface area contributed by atoms with Crippen LogP contribution in [0.3, 0.4) is 0 Å². The molecule has 0 bridgehead atoms. The highest BCUT2D eigenvalue weighted by Crippen LogP contribution is 2.29. The van der Waals surface area contributed by atoms with E-state index in [0.29, 0.717) is 19.3 Å². The van der Waals surface area contributed by atoms with E-state index in [1.54, 1.807) is 20.8 Å². The first-order valence-electron chi connectivity index (χ1n) is 5.88. The molecule has 1 saturated carbocycles. The van der Waals surface area contributed by atoms with E-state index in [-0.39, 0.29) is 18.7 Å². The molecule has 0 aromatic rings. The highest BCUT2D eigenvalue weighted by atomic mass is 19.1. The SMILES string of the molecule is CC(C)(C)OC(=O)NCC1(F)CCCC(=O)C1. The van der Waals surface area contributed by atoms with Crippen molar-refractivity contribution in [1.29, 1.82) is 0 Å². The van der Waals surface area contributed by atoms with E-state index in [0.717, 1.165) is 0 Å². The van der Waals surface area contributed by atoms with Gasteiger partial charge in [0, 0.05) is 12.8 Å². The number of amides is 1. The topological polar surface area (TPSA) is 55.4 Å². The maximum atomic E-state index is 14.1. The molecule has 0 spiro atoms. The third-order valence-corrected chi connectivity index (χ3v) is 2.54. The van der Waals surface area contributed by atoms with Gasteiger partial charge in [0.2, 0.25) is 0 Å². The first-order chi connectivity index (χ1) is 7.70. The summed E-state index contributed by atoms with van der Waals surface area (Å²) in [5.41, 5.74) is -2.21. The molecule has 1 aliphatic rings. The molecule has 1 atom stereocenters. The van der Waals surface area contributed by atoms with Crippen LogP contribution in [-0.4, -0.2) is 29.7 Å². The Bertz CT molecular complexity index is 311. The van der Waals surface area contributed by atoms with Crippen LogP contribution >= 0.6 is 0 Å². The molecule has 0 heterocycles. The minimum Gasteiger partial charge on any atom is -0.444 e. The van der Waals surface area contributed by atoms with Crippen molar-refractivity contribution < 1.29 is 18.7 Å². The number of alkyl halides is 1. The zero-order chi connectivity index (χ0) is 13.1. The first kappa shape index (κ1) is 13.9. The number of hydrogen-bond donors (Lipinski definition) is 1. The fourth-order valence-electron chi connectivity index (χ4n) is 1.83. The van der Waals surface area contributed by atoms with Crippen LogP contribution < -0.4 is 5.32 Å². The average Bonchev–Trinajstić information content (AvgIpc) is 2.12. The quantitative estimate of drug-likeness (QED) is 0.812. The first-order valence-corrected chi connectivity index (χ1v) is 5.88. The molecule has 1 amide bonds. The summed E-state index contributed by atoms with van der Waals surface area (Å²) in [7, 11) is 0. The van der Waals surface area contributed by atoms with Crippen molar-refractivity contribution in [2.24, 2.45) is 0 Å². The largest absolute Gasteiger partial charge is 0.444 e. The number of rotatable bonds is 2. The Kier molecular flexibility index (Phi) is 4.11. The summed E-state index contributed by atoms with van der Waals surface area (Å²) in [6.07, 6.45) is 0.549. The second-order valence-electron chi connectivity index (χ2n) is 5.58. The monoisotopic (exact) mass is 245 g/mol. The predicted molar refractivity (Wildman–Crippen MR) is 61.6 cm³/mol. The fraction of sp³-hybridized carbons (Fsp3) is 0.833. The number of carbonyl (C=O) groups is 2. The van der Waals surface area contributed by atoms with Gasteiger partial charge in [-0.25, -0.2) is 9.18 Å². The Labute approximate surface area is 101 Å². The number of Topliss-reactive ketones (excluding diaryl/α,β-unsaturated/α-hetero) is 1. The third kappa shape index (κ3) is 5.15. The summed E-state index contributed by atoms with van der Waals surface area (Å²) in [5, 5.41) is 2.38. The lowest BCUT2D eigenvalue weighted by Gasteiger charge is -2.29. The molecule has 0 saturated heterocycles. The smallest absolute Gasteiger partial charge is 0.407 e. The third-order valence-electron chi connectivity index (χ3n) is 2.54. The van der Waals surface area contributed by atoms with Crippen molar-refractivity contribution >= 4 is 11.9 Å². The summed E-state index contributed by atoms with van der Waals surface area (Å²) in [4.78, 5) is 22.5. The van der Waals surface area contributed by atoms with Crippen molar-refractivity contribution in [3.05, 3.63) is 0 Å². The van der Waals surface area contributed by atoms with Crippen molar-refractivity contribution in [3.8, 4) is 0 Å². The molecule has 0 radical (unpaired) electrons. The van der Waals surface area contributed by atoms with Crippen LogP contribution in [0.15, 0.2) is 0 Å². The molecular formula is C12H20FNO3. The van der Waals surface area contributed by atoms with Gasteiger partial charge in [-0.15, -0.1) is 0 Å². The molecule has 0 aromatic heterocycles. The van der Waals surface area contributed by atoms with E-state index in [1.165, 1.54) is 0 Å². The van der Waals surface area contributed by atoms with Gasteiger partial charge in [0.15, 0.2) is 0 Å². The lowest BCUT2D eigenvalue weighted by Crippen LogP contribution is -2.44. The van der Waals surface area contributed by atoms with Gasteiger partial charge in [0.25, 0.3) is 0 Å². The van der Waals surface area contributed by atoms with E-state index in [2.05, 4.69) is 5.32 Å². The minimum atomic E-state index is -1.60. The van der Waals surface area contributed by atoms with E-state index in [4.69, 9.17) is 4.74 Å². The zero-order valence-corrected chi connectivity index (χ0v) is 10.6. The second-order valence-corrected chi connectivity index (χ2v) is 5.58. The van der Waals surface area contributed by atoms with Crippen LogP contribution in [0.25, 0.3) is 0 Å². The number of ether oxygens (including phenoxy) is 1. The van der Waals surface area contributed by atoms with Crippen LogP contribution in [0, 0.1) is 0 Å². The van der Waals surface area contributed by atoms with Gasteiger partial charge in [-0.3, -0.25) is 4.79 Å². The van der Waals surface area contributed by atoms with Gasteiger partial charge in [0.1, 0.15) is 17.1 Å². The molecule has 0 aromatic carbocycles. The molecule has 17 heavy (non-hydrogen) atoms. The Morgan fingerprint density at radius 2 is 2.18 bits per heavy atom. The van der Waals surface area contributed by atoms with E-state index >= 15 is 0 Å². The Morgan fingerprint density at radius 3 is 2.71 bits per heavy atom. The maximum absolute atomic E-state index is 14.1. The van der Waals surface area contributed by atoms with Crippen LogP contribution in [0.5, 0.6) is 0 Å². The Balaban J connectivity index is 2.39. The van der Waals surface area contributed by atoms with E-state index in [1.807, 2.05) is 0 Å². The van der Waals surface area contributed by atoms with Crippen LogP contribution in [-0.2, 0) is 9.53 Å². The molecular weight excluding hydrogens is 225 g/mol. The van der Waals surface area contributed by atoms with Crippen molar-refractivity contribution in [3.63, 3.8) is 0 Å². The molecule has 98 valence electrons. The Morgan fingerprint density at radius 1 is 1.53 bits per heavy atom. The molecule has 4 nitrogen and oxygen atoms in total. The number of alkyl carbamates (subject to hydrolysis) is 1. The second kappa shape index (κ2) is 5.02. The zero-order valence-electron chi connectivity index (χ0n) is 10.6. The normalized spacial score (nSPS) is 25.5. The molecule has 1 fully saturated rings. The van der Waals surface area contributed by atoms with Gasteiger partial charge < -0.3 is 10.1 Å². The summed E-state index contributed by atoms with van der Waals surface area (Å²) in [5.74, 6) is -0.0789. The van der Waals surface area contributed by atoms with Crippen LogP contribution in [0.1, 0.15) is 46.5 Å². The van der Waals surface area contributed by atoms with Crippen LogP contribution in [0.4, 0.5) is 9.18 Å². The number of halogens is 1. The fourth-order valence-corrected chi connectivity index (χ4v) is 1.83. The van der Waals surface area contributed by atoms with Gasteiger partial charge in [0.05, 0.1) is 6.54 Å². The van der Waals surface area contributed by atoms with Gasteiger partial charge in [-0.1, -0.05) is 0 Å². The summed E-state index contributed by atoms with van der Waals surface area (Å²) in [6.45, 7) is 5.06. The highest BCUT2D eigenvalue weighted by molar-refractivity contribution is 5.80. The summed E-state index contributed by atoms with van der Waals surface area (Å²) in [6, 6.07) is 0. The average molecular weight is 245 g/mol. The number of ketones is 1. The van der Waals surface area contributed by atoms with E-state index in [9.17, 15) is 14.0 Å². The van der Waals surface area contributed by atoms with Gasteiger partial charge in [-0.05, 0) is 33.6 Å². The lowest BCUT2D eigenvalue weighted by atomic mass is 9.85. The number of nitrogens with one attached hydrogen (secondary N) is 1. The summed E-state index contributed by atoms with van der Waals surface area (Å²) < 4.78 is 19.1.